The zero-order valence-electron chi connectivity index (χ0n) is 18.3. The van der Waals surface area contributed by atoms with Crippen LogP contribution in [0.25, 0.3) is 0 Å². The molecule has 5 heteroatoms. The Kier molecular flexibility index (Phi) is 7.07. The molecule has 2 rings (SSSR count). The number of hydrogen-bond acceptors (Lipinski definition) is 3. The van der Waals surface area contributed by atoms with E-state index in [0.29, 0.717) is 29.3 Å². The zero-order chi connectivity index (χ0) is 21.7. The molecule has 0 saturated heterocycles. The average Bonchev–Trinajstić information content (AvgIpc) is 2.62. The van der Waals surface area contributed by atoms with Gasteiger partial charge in [0.1, 0.15) is 5.75 Å². The topological polar surface area (TPSA) is 67.4 Å². The minimum absolute atomic E-state index is 0.0322. The first-order valence-electron chi connectivity index (χ1n) is 9.96. The largest absolute Gasteiger partial charge is 0.492 e. The molecular formula is C24H32N2O3. The van der Waals surface area contributed by atoms with Gasteiger partial charge in [0.25, 0.3) is 5.91 Å². The third kappa shape index (κ3) is 6.63. The van der Waals surface area contributed by atoms with Gasteiger partial charge >= 0.3 is 0 Å². The highest BCUT2D eigenvalue weighted by molar-refractivity contribution is 6.05. The van der Waals surface area contributed by atoms with Crippen molar-refractivity contribution >= 4 is 23.2 Å². The summed E-state index contributed by atoms with van der Waals surface area (Å²) in [5.41, 5.74) is 1.37. The van der Waals surface area contributed by atoms with E-state index in [0.717, 1.165) is 6.42 Å². The average molecular weight is 397 g/mol. The molecule has 29 heavy (non-hydrogen) atoms. The third-order valence-electron chi connectivity index (χ3n) is 4.43. The van der Waals surface area contributed by atoms with Gasteiger partial charge in [-0.05, 0) is 55.2 Å². The highest BCUT2D eigenvalue weighted by Gasteiger charge is 2.32. The van der Waals surface area contributed by atoms with Crippen molar-refractivity contribution in [2.75, 3.05) is 17.2 Å². The molecule has 0 aliphatic rings. The molecule has 0 aliphatic carbocycles. The maximum atomic E-state index is 12.7. The Bertz CT molecular complexity index is 849. The van der Waals surface area contributed by atoms with Crippen molar-refractivity contribution in [3.05, 3.63) is 54.1 Å². The van der Waals surface area contributed by atoms with E-state index in [9.17, 15) is 9.59 Å². The maximum Gasteiger partial charge on any atom is 0.255 e. The summed E-state index contributed by atoms with van der Waals surface area (Å²) in [7, 11) is 0. The Morgan fingerprint density at radius 2 is 1.52 bits per heavy atom. The molecule has 0 fully saturated rings. The monoisotopic (exact) mass is 396 g/mol. The maximum absolute atomic E-state index is 12.7. The van der Waals surface area contributed by atoms with E-state index >= 15 is 0 Å². The van der Waals surface area contributed by atoms with Crippen LogP contribution in [0.5, 0.6) is 5.75 Å². The molecule has 0 heterocycles. The zero-order valence-corrected chi connectivity index (χ0v) is 18.3. The molecule has 5 nitrogen and oxygen atoms in total. The summed E-state index contributed by atoms with van der Waals surface area (Å²) >= 11 is 0. The van der Waals surface area contributed by atoms with Crippen LogP contribution in [0.15, 0.2) is 48.5 Å². The molecule has 0 aromatic heterocycles. The quantitative estimate of drug-likeness (QED) is 0.627. The van der Waals surface area contributed by atoms with Crippen LogP contribution >= 0.6 is 0 Å². The first kappa shape index (κ1) is 22.5. The lowest BCUT2D eigenvalue weighted by atomic mass is 9.75. The molecular weight excluding hydrogens is 364 g/mol. The van der Waals surface area contributed by atoms with Gasteiger partial charge in [0.2, 0.25) is 5.91 Å². The minimum atomic E-state index is -0.489. The van der Waals surface area contributed by atoms with Gasteiger partial charge in [0.15, 0.2) is 0 Å². The van der Waals surface area contributed by atoms with Gasteiger partial charge in [-0.1, -0.05) is 46.8 Å². The van der Waals surface area contributed by atoms with E-state index in [2.05, 4.69) is 31.4 Å². The molecule has 2 amide bonds. The molecule has 0 saturated carbocycles. The van der Waals surface area contributed by atoms with E-state index in [1.165, 1.54) is 0 Å². The number of carbonyl (C=O) groups excluding carboxylic acids is 2. The number of rotatable bonds is 7. The predicted molar refractivity (Wildman–Crippen MR) is 118 cm³/mol. The van der Waals surface area contributed by atoms with Crippen LogP contribution < -0.4 is 15.4 Å². The third-order valence-corrected chi connectivity index (χ3v) is 4.43. The van der Waals surface area contributed by atoms with Crippen LogP contribution in [-0.2, 0) is 4.79 Å². The van der Waals surface area contributed by atoms with E-state index in [-0.39, 0.29) is 17.2 Å². The Balaban J connectivity index is 2.05. The van der Waals surface area contributed by atoms with Crippen LogP contribution in [0, 0.1) is 10.8 Å². The van der Waals surface area contributed by atoms with Crippen LogP contribution in [0.2, 0.25) is 0 Å². The number of amides is 2. The molecule has 2 aromatic rings. The summed E-state index contributed by atoms with van der Waals surface area (Å²) in [5.74, 6) is 0.367. The Morgan fingerprint density at radius 1 is 0.897 bits per heavy atom. The standard InChI is InChI=1S/C24H32N2O3/c1-7-29-20-11-9-8-10-19(20)26-21(27)17-12-14-18(15-13-17)25-22(28)24(5,6)16-23(2,3)4/h8-15H,7,16H2,1-6H3,(H,25,28)(H,26,27). The number of carbonyl (C=O) groups is 2. The van der Waals surface area contributed by atoms with Crippen molar-refractivity contribution in [1.82, 2.24) is 0 Å². The van der Waals surface area contributed by atoms with Crippen molar-refractivity contribution in [3.63, 3.8) is 0 Å². The molecule has 0 unspecified atom stereocenters. The van der Waals surface area contributed by atoms with Gasteiger partial charge in [-0.25, -0.2) is 0 Å². The summed E-state index contributed by atoms with van der Waals surface area (Å²) in [6.45, 7) is 12.7. The van der Waals surface area contributed by atoms with Gasteiger partial charge in [0.05, 0.1) is 12.3 Å². The molecule has 156 valence electrons. The van der Waals surface area contributed by atoms with E-state index in [1.54, 1.807) is 30.3 Å². The fourth-order valence-electron chi connectivity index (χ4n) is 3.46. The lowest BCUT2D eigenvalue weighted by Gasteiger charge is -2.31. The van der Waals surface area contributed by atoms with Gasteiger partial charge in [0, 0.05) is 16.7 Å². The lowest BCUT2D eigenvalue weighted by Crippen LogP contribution is -2.34. The minimum Gasteiger partial charge on any atom is -0.492 e. The van der Waals surface area contributed by atoms with E-state index in [4.69, 9.17) is 4.74 Å². The second-order valence-corrected chi connectivity index (χ2v) is 9.04. The second kappa shape index (κ2) is 9.12. The van der Waals surface area contributed by atoms with Crippen molar-refractivity contribution < 1.29 is 14.3 Å². The van der Waals surface area contributed by atoms with Crippen molar-refractivity contribution in [2.45, 2.75) is 48.0 Å². The number of nitrogens with one attached hydrogen (secondary N) is 2. The van der Waals surface area contributed by atoms with Crippen molar-refractivity contribution in [3.8, 4) is 5.75 Å². The first-order valence-corrected chi connectivity index (χ1v) is 9.96. The molecule has 0 aliphatic heterocycles. The summed E-state index contributed by atoms with van der Waals surface area (Å²) in [5, 5.41) is 5.83. The van der Waals surface area contributed by atoms with Gasteiger partial charge < -0.3 is 15.4 Å². The molecule has 2 N–H and O–H groups in total. The van der Waals surface area contributed by atoms with Gasteiger partial charge in [-0.2, -0.15) is 0 Å². The molecule has 0 bridgehead atoms. The summed E-state index contributed by atoms with van der Waals surface area (Å²) in [4.78, 5) is 25.2. The molecule has 0 spiro atoms. The van der Waals surface area contributed by atoms with E-state index < -0.39 is 5.41 Å². The predicted octanol–water partition coefficient (Wildman–Crippen LogP) is 5.74. The Labute approximate surface area is 173 Å². The van der Waals surface area contributed by atoms with Gasteiger partial charge in [-0.3, -0.25) is 9.59 Å². The normalized spacial score (nSPS) is 11.7. The SMILES string of the molecule is CCOc1ccccc1NC(=O)c1ccc(NC(=O)C(C)(C)CC(C)(C)C)cc1. The highest BCUT2D eigenvalue weighted by atomic mass is 16.5. The number of hydrogen-bond donors (Lipinski definition) is 2. The number of para-hydroxylation sites is 2. The summed E-state index contributed by atoms with van der Waals surface area (Å²) < 4.78 is 5.54. The summed E-state index contributed by atoms with van der Waals surface area (Å²) in [6.07, 6.45) is 0.769. The van der Waals surface area contributed by atoms with Crippen LogP contribution in [0.4, 0.5) is 11.4 Å². The lowest BCUT2D eigenvalue weighted by molar-refractivity contribution is -0.125. The summed E-state index contributed by atoms with van der Waals surface area (Å²) in [6, 6.07) is 14.2. The number of ether oxygens (including phenoxy) is 1. The molecule has 2 aromatic carbocycles. The van der Waals surface area contributed by atoms with Crippen LogP contribution in [-0.4, -0.2) is 18.4 Å². The fourth-order valence-corrected chi connectivity index (χ4v) is 3.46. The molecule has 0 atom stereocenters. The van der Waals surface area contributed by atoms with Crippen molar-refractivity contribution in [1.29, 1.82) is 0 Å². The fraction of sp³-hybridized carbons (Fsp3) is 0.417. The van der Waals surface area contributed by atoms with E-state index in [1.807, 2.05) is 39.0 Å². The first-order chi connectivity index (χ1) is 13.5. The Morgan fingerprint density at radius 3 is 2.10 bits per heavy atom. The molecule has 0 radical (unpaired) electrons. The smallest absolute Gasteiger partial charge is 0.255 e. The van der Waals surface area contributed by atoms with Crippen molar-refractivity contribution in [2.24, 2.45) is 10.8 Å². The highest BCUT2D eigenvalue weighted by Crippen LogP contribution is 2.34. The number of benzene rings is 2. The Hall–Kier alpha value is -2.82. The van der Waals surface area contributed by atoms with Gasteiger partial charge in [-0.15, -0.1) is 0 Å². The van der Waals surface area contributed by atoms with Crippen LogP contribution in [0.1, 0.15) is 58.3 Å². The second-order valence-electron chi connectivity index (χ2n) is 9.04. The number of anilines is 2. The van der Waals surface area contributed by atoms with Crippen LogP contribution in [0.3, 0.4) is 0 Å².